The molecule has 0 bridgehead atoms. The van der Waals surface area contributed by atoms with E-state index in [0.29, 0.717) is 5.56 Å². The molecule has 0 aliphatic heterocycles. The van der Waals surface area contributed by atoms with Crippen LogP contribution in [0, 0.1) is 0 Å². The van der Waals surface area contributed by atoms with E-state index < -0.39 is 0 Å². The van der Waals surface area contributed by atoms with E-state index in [9.17, 15) is 4.79 Å². The number of nitrogens with two attached hydrogens (primary N) is 1. The van der Waals surface area contributed by atoms with E-state index in [0.717, 1.165) is 18.3 Å². The first-order valence-electron chi connectivity index (χ1n) is 6.07. The summed E-state index contributed by atoms with van der Waals surface area (Å²) in [6.45, 7) is 1.98. The van der Waals surface area contributed by atoms with Gasteiger partial charge < -0.3 is 5.73 Å². The Bertz CT molecular complexity index is 512. The van der Waals surface area contributed by atoms with Crippen LogP contribution in [0.15, 0.2) is 48.5 Å². The summed E-state index contributed by atoms with van der Waals surface area (Å²) in [5.74, 6) is 0. The van der Waals surface area contributed by atoms with Crippen molar-refractivity contribution in [1.29, 1.82) is 0 Å². The van der Waals surface area contributed by atoms with Gasteiger partial charge in [-0.1, -0.05) is 48.5 Å². The normalized spacial score (nSPS) is 12.1. The van der Waals surface area contributed by atoms with Crippen LogP contribution in [-0.2, 0) is 6.42 Å². The average molecular weight is 239 g/mol. The summed E-state index contributed by atoms with van der Waals surface area (Å²) in [6.07, 6.45) is 1.74. The first-order chi connectivity index (χ1) is 8.69. The van der Waals surface area contributed by atoms with Crippen LogP contribution in [0.1, 0.15) is 40.0 Å². The topological polar surface area (TPSA) is 43.1 Å². The van der Waals surface area contributed by atoms with E-state index in [4.69, 9.17) is 5.73 Å². The van der Waals surface area contributed by atoms with Gasteiger partial charge in [0.1, 0.15) is 6.29 Å². The van der Waals surface area contributed by atoms with Gasteiger partial charge in [0.2, 0.25) is 0 Å². The smallest absolute Gasteiger partial charge is 0.150 e. The van der Waals surface area contributed by atoms with Gasteiger partial charge in [-0.3, -0.25) is 4.79 Å². The molecule has 2 heteroatoms. The molecule has 0 heterocycles. The Hall–Kier alpha value is -1.93. The van der Waals surface area contributed by atoms with E-state index in [1.807, 2.05) is 31.2 Å². The molecule has 0 aromatic heterocycles. The van der Waals surface area contributed by atoms with E-state index in [1.54, 1.807) is 0 Å². The monoisotopic (exact) mass is 239 g/mol. The minimum absolute atomic E-state index is 0.0749. The van der Waals surface area contributed by atoms with Gasteiger partial charge in [-0.2, -0.15) is 0 Å². The Morgan fingerprint density at radius 1 is 1.00 bits per heavy atom. The molecule has 1 atom stereocenters. The minimum Gasteiger partial charge on any atom is -0.324 e. The molecule has 0 saturated carbocycles. The summed E-state index contributed by atoms with van der Waals surface area (Å²) in [6, 6.07) is 16.1. The van der Waals surface area contributed by atoms with Crippen molar-refractivity contribution in [3.63, 3.8) is 0 Å². The van der Waals surface area contributed by atoms with Crippen molar-refractivity contribution in [2.75, 3.05) is 0 Å². The molecule has 2 aromatic carbocycles. The number of hydrogen-bond donors (Lipinski definition) is 1. The lowest BCUT2D eigenvalue weighted by molar-refractivity contribution is 0.112. The molecule has 18 heavy (non-hydrogen) atoms. The summed E-state index contributed by atoms with van der Waals surface area (Å²) in [7, 11) is 0. The van der Waals surface area contributed by atoms with Crippen molar-refractivity contribution >= 4 is 6.29 Å². The molecule has 1 unspecified atom stereocenters. The van der Waals surface area contributed by atoms with Gasteiger partial charge in [-0.25, -0.2) is 0 Å². The largest absolute Gasteiger partial charge is 0.324 e. The molecule has 2 rings (SSSR count). The summed E-state index contributed by atoms with van der Waals surface area (Å²) < 4.78 is 0. The lowest BCUT2D eigenvalue weighted by Gasteiger charge is -2.07. The van der Waals surface area contributed by atoms with E-state index in [-0.39, 0.29) is 6.04 Å². The van der Waals surface area contributed by atoms with E-state index in [2.05, 4.69) is 24.3 Å². The fourth-order valence-corrected chi connectivity index (χ4v) is 1.89. The molecule has 92 valence electrons. The number of hydrogen-bond acceptors (Lipinski definition) is 2. The molecule has 0 aliphatic rings. The predicted molar refractivity (Wildman–Crippen MR) is 73.7 cm³/mol. The third-order valence-electron chi connectivity index (χ3n) is 3.03. The van der Waals surface area contributed by atoms with Gasteiger partial charge >= 0.3 is 0 Å². The minimum atomic E-state index is 0.0749. The third-order valence-corrected chi connectivity index (χ3v) is 3.03. The number of carbonyl (C=O) groups is 1. The average Bonchev–Trinajstić information content (AvgIpc) is 2.40. The molecule has 2 aromatic rings. The third kappa shape index (κ3) is 3.05. The second-order valence-electron chi connectivity index (χ2n) is 4.57. The molecular weight excluding hydrogens is 222 g/mol. The zero-order chi connectivity index (χ0) is 13.0. The molecular formula is C16H17NO. The van der Waals surface area contributed by atoms with Crippen molar-refractivity contribution in [3.8, 4) is 0 Å². The van der Waals surface area contributed by atoms with Gasteiger partial charge in [0, 0.05) is 11.6 Å². The zero-order valence-corrected chi connectivity index (χ0v) is 10.5. The highest BCUT2D eigenvalue weighted by Crippen LogP contribution is 2.14. The van der Waals surface area contributed by atoms with E-state index >= 15 is 0 Å². The lowest BCUT2D eigenvalue weighted by Crippen LogP contribution is -2.04. The highest BCUT2D eigenvalue weighted by atomic mass is 16.1. The fraction of sp³-hybridized carbons (Fsp3) is 0.188. The lowest BCUT2D eigenvalue weighted by atomic mass is 10.0. The maximum absolute atomic E-state index is 10.6. The fourth-order valence-electron chi connectivity index (χ4n) is 1.89. The second kappa shape index (κ2) is 5.61. The van der Waals surface area contributed by atoms with Crippen LogP contribution < -0.4 is 5.73 Å². The van der Waals surface area contributed by atoms with Crippen LogP contribution in [0.25, 0.3) is 0 Å². The summed E-state index contributed by atoms with van der Waals surface area (Å²) in [5.41, 5.74) is 10.1. The summed E-state index contributed by atoms with van der Waals surface area (Å²) in [5, 5.41) is 0. The molecule has 2 nitrogen and oxygen atoms in total. The van der Waals surface area contributed by atoms with Crippen molar-refractivity contribution < 1.29 is 4.79 Å². The highest BCUT2D eigenvalue weighted by Gasteiger charge is 2.00. The van der Waals surface area contributed by atoms with Crippen LogP contribution in [0.2, 0.25) is 0 Å². The molecule has 0 saturated heterocycles. The first kappa shape index (κ1) is 12.5. The standard InChI is InChI=1S/C16H17NO/c1-12(17)16-8-6-14(7-9-16)10-13-2-4-15(11-18)5-3-13/h2-9,11-12H,10,17H2,1H3. The SMILES string of the molecule is CC(N)c1ccc(Cc2ccc(C=O)cc2)cc1. The Balaban J connectivity index is 2.10. The van der Waals surface area contributed by atoms with Gasteiger partial charge in [0.05, 0.1) is 0 Å². The molecule has 2 N–H and O–H groups in total. The van der Waals surface area contributed by atoms with Crippen LogP contribution in [0.5, 0.6) is 0 Å². The highest BCUT2D eigenvalue weighted by molar-refractivity contribution is 5.74. The van der Waals surface area contributed by atoms with Crippen molar-refractivity contribution in [2.24, 2.45) is 5.73 Å². The Labute approximate surface area is 107 Å². The van der Waals surface area contributed by atoms with Gasteiger partial charge in [0.15, 0.2) is 0 Å². The molecule has 0 spiro atoms. The molecule has 0 fully saturated rings. The number of rotatable bonds is 4. The summed E-state index contributed by atoms with van der Waals surface area (Å²) >= 11 is 0. The second-order valence-corrected chi connectivity index (χ2v) is 4.57. The van der Waals surface area contributed by atoms with Crippen molar-refractivity contribution in [3.05, 3.63) is 70.8 Å². The van der Waals surface area contributed by atoms with Crippen molar-refractivity contribution in [1.82, 2.24) is 0 Å². The van der Waals surface area contributed by atoms with Crippen molar-refractivity contribution in [2.45, 2.75) is 19.4 Å². The first-order valence-corrected chi connectivity index (χ1v) is 6.07. The van der Waals surface area contributed by atoms with Gasteiger partial charge in [-0.05, 0) is 30.0 Å². The van der Waals surface area contributed by atoms with Crippen LogP contribution in [0.3, 0.4) is 0 Å². The predicted octanol–water partition coefficient (Wildman–Crippen LogP) is 3.11. The van der Waals surface area contributed by atoms with Crippen LogP contribution in [0.4, 0.5) is 0 Å². The summed E-state index contributed by atoms with van der Waals surface area (Å²) in [4.78, 5) is 10.6. The molecule has 0 radical (unpaired) electrons. The molecule has 0 amide bonds. The maximum atomic E-state index is 10.6. The number of benzene rings is 2. The number of carbonyl (C=O) groups excluding carboxylic acids is 1. The zero-order valence-electron chi connectivity index (χ0n) is 10.5. The van der Waals surface area contributed by atoms with Crippen LogP contribution in [-0.4, -0.2) is 6.29 Å². The van der Waals surface area contributed by atoms with Gasteiger partial charge in [-0.15, -0.1) is 0 Å². The van der Waals surface area contributed by atoms with Crippen LogP contribution >= 0.6 is 0 Å². The quantitative estimate of drug-likeness (QED) is 0.833. The maximum Gasteiger partial charge on any atom is 0.150 e. The van der Waals surface area contributed by atoms with Gasteiger partial charge in [0.25, 0.3) is 0 Å². The van der Waals surface area contributed by atoms with E-state index in [1.165, 1.54) is 11.1 Å². The Morgan fingerprint density at radius 3 is 1.94 bits per heavy atom. The molecule has 0 aliphatic carbocycles. The number of aldehydes is 1. The Kier molecular flexibility index (Phi) is 3.90. The Morgan fingerprint density at radius 2 is 1.50 bits per heavy atom.